The van der Waals surface area contributed by atoms with Gasteiger partial charge in [-0.1, -0.05) is 17.2 Å². The van der Waals surface area contributed by atoms with Gasteiger partial charge in [-0.05, 0) is 17.7 Å². The predicted molar refractivity (Wildman–Crippen MR) is 66.6 cm³/mol. The first-order valence-corrected chi connectivity index (χ1v) is 5.59. The lowest BCUT2D eigenvalue weighted by atomic mass is 10.1. The van der Waals surface area contributed by atoms with Crippen LogP contribution in [0, 0.1) is 0 Å². The number of hydrogen-bond acceptors (Lipinski definition) is 3. The number of pyridine rings is 1. The fourth-order valence-corrected chi connectivity index (χ4v) is 2.24. The summed E-state index contributed by atoms with van der Waals surface area (Å²) >= 11 is 0. The number of hydrogen-bond donors (Lipinski definition) is 0. The molecule has 0 spiro atoms. The Morgan fingerprint density at radius 1 is 1.44 bits per heavy atom. The maximum absolute atomic E-state index is 11.9. The smallest absolute Gasteiger partial charge is 0.251 e. The fraction of sp³-hybridized carbons (Fsp3) is 0.250. The molecule has 3 rings (SSSR count). The van der Waals surface area contributed by atoms with Crippen LogP contribution >= 0.6 is 0 Å². The van der Waals surface area contributed by atoms with Crippen molar-refractivity contribution >= 4 is 10.9 Å². The number of azide groups is 1. The lowest BCUT2D eigenvalue weighted by molar-refractivity contribution is 0.177. The lowest BCUT2D eigenvalue weighted by Crippen LogP contribution is -2.35. The van der Waals surface area contributed by atoms with Gasteiger partial charge in [0, 0.05) is 16.4 Å². The molecule has 18 heavy (non-hydrogen) atoms. The third kappa shape index (κ3) is 1.59. The van der Waals surface area contributed by atoms with Crippen LogP contribution in [0.4, 0.5) is 0 Å². The molecule has 0 aliphatic carbocycles. The summed E-state index contributed by atoms with van der Waals surface area (Å²) in [5.74, 6) is 0.662. The number of nitrogens with zero attached hydrogens (tertiary/aromatic N) is 4. The molecule has 1 atom stereocenters. The zero-order valence-electron chi connectivity index (χ0n) is 9.48. The molecule has 90 valence electrons. The van der Waals surface area contributed by atoms with E-state index in [4.69, 9.17) is 10.3 Å². The summed E-state index contributed by atoms with van der Waals surface area (Å²) in [6.07, 6.45) is -0.292. The van der Waals surface area contributed by atoms with E-state index in [1.807, 2.05) is 18.2 Å². The van der Waals surface area contributed by atoms with Crippen LogP contribution in [0.25, 0.3) is 21.3 Å². The van der Waals surface area contributed by atoms with Crippen molar-refractivity contribution in [2.75, 3.05) is 6.54 Å². The van der Waals surface area contributed by atoms with Crippen molar-refractivity contribution in [2.45, 2.75) is 12.6 Å². The van der Waals surface area contributed by atoms with Gasteiger partial charge in [-0.2, -0.15) is 0 Å². The minimum atomic E-state index is -0.292. The van der Waals surface area contributed by atoms with Crippen LogP contribution in [-0.4, -0.2) is 17.2 Å². The zero-order valence-corrected chi connectivity index (χ0v) is 9.48. The summed E-state index contributed by atoms with van der Waals surface area (Å²) in [5.41, 5.74) is 9.08. The average molecular weight is 242 g/mol. The second kappa shape index (κ2) is 4.09. The first kappa shape index (κ1) is 10.7. The highest BCUT2D eigenvalue weighted by Crippen LogP contribution is 2.28. The number of aromatic nitrogens is 1. The molecule has 0 bridgehead atoms. The summed E-state index contributed by atoms with van der Waals surface area (Å²) in [5, 5.41) is 4.47. The molecule has 1 aromatic heterocycles. The fourth-order valence-electron chi connectivity index (χ4n) is 2.24. The van der Waals surface area contributed by atoms with Gasteiger partial charge in [0.2, 0.25) is 0 Å². The lowest BCUT2D eigenvalue weighted by Gasteiger charge is -2.26. The molecule has 1 aliphatic rings. The minimum Gasteiger partial charge on any atom is -0.486 e. The number of rotatable bonds is 2. The van der Waals surface area contributed by atoms with Crippen LogP contribution in [0.5, 0.6) is 5.75 Å². The second-order valence-electron chi connectivity index (χ2n) is 4.13. The number of para-hydroxylation sites is 1. The molecule has 0 amide bonds. The van der Waals surface area contributed by atoms with E-state index in [1.165, 1.54) is 0 Å². The van der Waals surface area contributed by atoms with Gasteiger partial charge in [0.25, 0.3) is 5.56 Å². The largest absolute Gasteiger partial charge is 0.486 e. The normalized spacial score (nSPS) is 17.0. The van der Waals surface area contributed by atoms with Crippen LogP contribution in [0.1, 0.15) is 0 Å². The Morgan fingerprint density at radius 2 is 2.33 bits per heavy atom. The van der Waals surface area contributed by atoms with Crippen LogP contribution in [-0.2, 0) is 6.54 Å². The summed E-state index contributed by atoms with van der Waals surface area (Å²) < 4.78 is 7.41. The topological polar surface area (TPSA) is 80.0 Å². The first-order valence-electron chi connectivity index (χ1n) is 5.59. The predicted octanol–water partition coefficient (Wildman–Crippen LogP) is 2.07. The van der Waals surface area contributed by atoms with Crippen LogP contribution in [0.2, 0.25) is 0 Å². The van der Waals surface area contributed by atoms with Crippen molar-refractivity contribution in [3.8, 4) is 5.75 Å². The average Bonchev–Trinajstić information content (AvgIpc) is 2.40. The van der Waals surface area contributed by atoms with Crippen molar-refractivity contribution in [2.24, 2.45) is 5.11 Å². The number of benzene rings is 1. The van der Waals surface area contributed by atoms with E-state index >= 15 is 0 Å². The Hall–Kier alpha value is -2.46. The van der Waals surface area contributed by atoms with Crippen LogP contribution in [0.15, 0.2) is 40.2 Å². The Balaban J connectivity index is 2.16. The van der Waals surface area contributed by atoms with Gasteiger partial charge in [-0.25, -0.2) is 0 Å². The molecule has 1 aromatic carbocycles. The highest BCUT2D eigenvalue weighted by Gasteiger charge is 2.21. The highest BCUT2D eigenvalue weighted by molar-refractivity contribution is 5.85. The molecule has 0 radical (unpaired) electrons. The third-order valence-electron chi connectivity index (χ3n) is 3.00. The third-order valence-corrected chi connectivity index (χ3v) is 3.00. The Bertz CT molecular complexity index is 716. The molecular weight excluding hydrogens is 232 g/mol. The molecule has 2 heterocycles. The Morgan fingerprint density at radius 3 is 3.17 bits per heavy atom. The minimum absolute atomic E-state index is 0.0656. The van der Waals surface area contributed by atoms with E-state index in [2.05, 4.69) is 10.0 Å². The quantitative estimate of drug-likeness (QED) is 0.459. The van der Waals surface area contributed by atoms with E-state index in [0.717, 1.165) is 10.9 Å². The molecule has 0 saturated carbocycles. The van der Waals surface area contributed by atoms with Gasteiger partial charge in [0.1, 0.15) is 11.9 Å². The Labute approximate surface area is 102 Å². The van der Waals surface area contributed by atoms with E-state index in [9.17, 15) is 4.79 Å². The van der Waals surface area contributed by atoms with Gasteiger partial charge < -0.3 is 9.30 Å². The Kier molecular flexibility index (Phi) is 2.42. The first-order chi connectivity index (χ1) is 8.79. The van der Waals surface area contributed by atoms with E-state index < -0.39 is 0 Å². The molecule has 6 nitrogen and oxygen atoms in total. The molecule has 1 aliphatic heterocycles. The number of ether oxygens (including phenoxy) is 1. The van der Waals surface area contributed by atoms with Gasteiger partial charge in [0.15, 0.2) is 0 Å². The van der Waals surface area contributed by atoms with Crippen molar-refractivity contribution in [3.05, 3.63) is 51.1 Å². The second-order valence-corrected chi connectivity index (χ2v) is 4.13. The van der Waals surface area contributed by atoms with Crippen molar-refractivity contribution in [1.29, 1.82) is 0 Å². The highest BCUT2D eigenvalue weighted by atomic mass is 16.5. The van der Waals surface area contributed by atoms with E-state index in [1.54, 1.807) is 16.7 Å². The van der Waals surface area contributed by atoms with Crippen molar-refractivity contribution < 1.29 is 4.74 Å². The summed E-state index contributed by atoms with van der Waals surface area (Å²) in [4.78, 5) is 14.6. The molecule has 0 N–H and O–H groups in total. The summed E-state index contributed by atoms with van der Waals surface area (Å²) in [7, 11) is 0. The maximum Gasteiger partial charge on any atom is 0.251 e. The molecule has 6 heteroatoms. The zero-order chi connectivity index (χ0) is 12.5. The molecule has 1 unspecified atom stereocenters. The van der Waals surface area contributed by atoms with E-state index in [0.29, 0.717) is 12.3 Å². The van der Waals surface area contributed by atoms with Crippen molar-refractivity contribution in [1.82, 2.24) is 4.57 Å². The summed E-state index contributed by atoms with van der Waals surface area (Å²) in [6.45, 7) is 0.625. The monoisotopic (exact) mass is 242 g/mol. The molecule has 0 fully saturated rings. The SMILES string of the molecule is [N-]=[N+]=NCC1Cn2c(=O)ccc3cccc(c32)O1. The van der Waals surface area contributed by atoms with Crippen LogP contribution in [0.3, 0.4) is 0 Å². The van der Waals surface area contributed by atoms with Gasteiger partial charge in [-0.15, -0.1) is 0 Å². The van der Waals surface area contributed by atoms with Gasteiger partial charge >= 0.3 is 0 Å². The van der Waals surface area contributed by atoms with E-state index in [-0.39, 0.29) is 18.2 Å². The van der Waals surface area contributed by atoms with Gasteiger partial charge in [0.05, 0.1) is 18.6 Å². The maximum atomic E-state index is 11.9. The summed E-state index contributed by atoms with van der Waals surface area (Å²) in [6, 6.07) is 8.96. The van der Waals surface area contributed by atoms with Crippen molar-refractivity contribution in [3.63, 3.8) is 0 Å². The van der Waals surface area contributed by atoms with Crippen LogP contribution < -0.4 is 10.3 Å². The molecule has 2 aromatic rings. The molecular formula is C12H10N4O2. The standard InChI is InChI=1S/C12H10N4O2/c13-15-14-6-9-7-16-11(17)5-4-8-2-1-3-10(18-9)12(8)16/h1-5,9H,6-7H2. The molecule has 0 saturated heterocycles. The van der Waals surface area contributed by atoms with Gasteiger partial charge in [-0.3, -0.25) is 4.79 Å².